The summed E-state index contributed by atoms with van der Waals surface area (Å²) in [5, 5.41) is 6.26. The van der Waals surface area contributed by atoms with E-state index in [9.17, 15) is 4.79 Å². The van der Waals surface area contributed by atoms with Gasteiger partial charge in [0.15, 0.2) is 0 Å². The topological polar surface area (TPSA) is 53.6 Å². The minimum atomic E-state index is -0.0541. The third kappa shape index (κ3) is 4.31. The standard InChI is InChI=1S/C20H25N3O2/c1-15-6-5-8-17(16(15)2)21-14-20(24)22-18-7-3-4-9-19(18)23-10-12-25-13-11-23/h3-9,21H,10-14H2,1-2H3,(H,22,24). The fourth-order valence-corrected chi connectivity index (χ4v) is 2.97. The third-order valence-electron chi connectivity index (χ3n) is 4.57. The van der Waals surface area contributed by atoms with Gasteiger partial charge >= 0.3 is 0 Å². The van der Waals surface area contributed by atoms with Crippen molar-refractivity contribution in [2.24, 2.45) is 0 Å². The van der Waals surface area contributed by atoms with E-state index < -0.39 is 0 Å². The van der Waals surface area contributed by atoms with E-state index in [0.29, 0.717) is 0 Å². The molecule has 1 heterocycles. The average Bonchev–Trinajstić information content (AvgIpc) is 2.64. The smallest absolute Gasteiger partial charge is 0.243 e. The number of amides is 1. The molecule has 0 saturated carbocycles. The molecule has 132 valence electrons. The van der Waals surface area contributed by atoms with Gasteiger partial charge in [-0.1, -0.05) is 24.3 Å². The van der Waals surface area contributed by atoms with E-state index >= 15 is 0 Å². The van der Waals surface area contributed by atoms with Crippen LogP contribution in [0, 0.1) is 13.8 Å². The molecule has 1 fully saturated rings. The monoisotopic (exact) mass is 339 g/mol. The lowest BCUT2D eigenvalue weighted by Crippen LogP contribution is -2.37. The van der Waals surface area contributed by atoms with E-state index in [2.05, 4.69) is 35.4 Å². The molecule has 3 rings (SSSR count). The number of para-hydroxylation sites is 2. The number of carbonyl (C=O) groups excluding carboxylic acids is 1. The highest BCUT2D eigenvalue weighted by Gasteiger charge is 2.15. The van der Waals surface area contributed by atoms with Crippen molar-refractivity contribution < 1.29 is 9.53 Å². The molecule has 1 amide bonds. The fraction of sp³-hybridized carbons (Fsp3) is 0.350. The summed E-state index contributed by atoms with van der Waals surface area (Å²) in [5.41, 5.74) is 5.27. The SMILES string of the molecule is Cc1cccc(NCC(=O)Nc2ccccc2N2CCOCC2)c1C. The zero-order valence-corrected chi connectivity index (χ0v) is 14.8. The van der Waals surface area contributed by atoms with Crippen LogP contribution in [-0.2, 0) is 9.53 Å². The summed E-state index contributed by atoms with van der Waals surface area (Å²) in [6.45, 7) is 7.48. The van der Waals surface area contributed by atoms with E-state index in [0.717, 1.165) is 43.4 Å². The summed E-state index contributed by atoms with van der Waals surface area (Å²) in [6, 6.07) is 14.0. The molecule has 0 bridgehead atoms. The molecule has 0 spiro atoms. The van der Waals surface area contributed by atoms with Crippen molar-refractivity contribution in [1.29, 1.82) is 0 Å². The van der Waals surface area contributed by atoms with Crippen molar-refractivity contribution >= 4 is 23.0 Å². The maximum Gasteiger partial charge on any atom is 0.243 e. The molecule has 0 radical (unpaired) electrons. The van der Waals surface area contributed by atoms with Gasteiger partial charge in [-0.15, -0.1) is 0 Å². The van der Waals surface area contributed by atoms with Gasteiger partial charge in [-0.3, -0.25) is 4.79 Å². The maximum absolute atomic E-state index is 12.4. The molecule has 0 aliphatic carbocycles. The lowest BCUT2D eigenvalue weighted by atomic mass is 10.1. The number of anilines is 3. The summed E-state index contributed by atoms with van der Waals surface area (Å²) in [7, 11) is 0. The van der Waals surface area contributed by atoms with Crippen molar-refractivity contribution in [2.45, 2.75) is 13.8 Å². The molecule has 2 N–H and O–H groups in total. The zero-order valence-electron chi connectivity index (χ0n) is 14.8. The predicted molar refractivity (Wildman–Crippen MR) is 103 cm³/mol. The number of nitrogens with zero attached hydrogens (tertiary/aromatic N) is 1. The first-order chi connectivity index (χ1) is 12.1. The number of nitrogens with one attached hydrogen (secondary N) is 2. The van der Waals surface area contributed by atoms with Crippen molar-refractivity contribution in [2.75, 3.05) is 48.4 Å². The van der Waals surface area contributed by atoms with Crippen molar-refractivity contribution in [3.8, 4) is 0 Å². The van der Waals surface area contributed by atoms with Crippen LogP contribution in [0.1, 0.15) is 11.1 Å². The van der Waals surface area contributed by atoms with Crippen LogP contribution in [-0.4, -0.2) is 38.8 Å². The van der Waals surface area contributed by atoms with E-state index in [1.165, 1.54) is 11.1 Å². The molecule has 5 nitrogen and oxygen atoms in total. The Morgan fingerprint density at radius 1 is 1.04 bits per heavy atom. The Kier molecular flexibility index (Phi) is 5.56. The highest BCUT2D eigenvalue weighted by Crippen LogP contribution is 2.26. The first kappa shape index (κ1) is 17.3. The summed E-state index contributed by atoms with van der Waals surface area (Å²) < 4.78 is 5.41. The normalized spacial score (nSPS) is 14.2. The quantitative estimate of drug-likeness (QED) is 0.878. The Morgan fingerprint density at radius 3 is 2.56 bits per heavy atom. The molecule has 1 saturated heterocycles. The Bertz CT molecular complexity index is 739. The molecule has 2 aromatic carbocycles. The minimum Gasteiger partial charge on any atom is -0.378 e. The van der Waals surface area contributed by atoms with E-state index in [1.807, 2.05) is 36.4 Å². The molecule has 0 atom stereocenters. The van der Waals surface area contributed by atoms with Gasteiger partial charge < -0.3 is 20.3 Å². The number of benzene rings is 2. The van der Waals surface area contributed by atoms with E-state index in [1.54, 1.807) is 0 Å². The lowest BCUT2D eigenvalue weighted by Gasteiger charge is -2.30. The molecule has 2 aromatic rings. The average molecular weight is 339 g/mol. The molecule has 1 aliphatic rings. The van der Waals surface area contributed by atoms with Crippen molar-refractivity contribution in [3.05, 3.63) is 53.6 Å². The highest BCUT2D eigenvalue weighted by molar-refractivity contribution is 5.96. The van der Waals surface area contributed by atoms with Gasteiger partial charge in [-0.2, -0.15) is 0 Å². The van der Waals surface area contributed by atoms with Crippen LogP contribution in [0.25, 0.3) is 0 Å². The minimum absolute atomic E-state index is 0.0541. The largest absolute Gasteiger partial charge is 0.378 e. The van der Waals surface area contributed by atoms with Gasteiger partial charge in [0.2, 0.25) is 5.91 Å². The second-order valence-electron chi connectivity index (χ2n) is 6.27. The third-order valence-corrected chi connectivity index (χ3v) is 4.57. The predicted octanol–water partition coefficient (Wildman–Crippen LogP) is 3.19. The van der Waals surface area contributed by atoms with Crippen LogP contribution >= 0.6 is 0 Å². The number of aryl methyl sites for hydroxylation is 1. The van der Waals surface area contributed by atoms with Crippen LogP contribution in [0.4, 0.5) is 17.1 Å². The number of hydrogen-bond donors (Lipinski definition) is 2. The summed E-state index contributed by atoms with van der Waals surface area (Å²) in [6.07, 6.45) is 0. The second-order valence-corrected chi connectivity index (χ2v) is 6.27. The van der Waals surface area contributed by atoms with Gasteiger partial charge in [0, 0.05) is 18.8 Å². The molecule has 1 aliphatic heterocycles. The summed E-state index contributed by atoms with van der Waals surface area (Å²) >= 11 is 0. The second kappa shape index (κ2) is 8.03. The van der Waals surface area contributed by atoms with Gasteiger partial charge in [0.1, 0.15) is 0 Å². The van der Waals surface area contributed by atoms with Crippen LogP contribution < -0.4 is 15.5 Å². The van der Waals surface area contributed by atoms with Crippen LogP contribution in [0.3, 0.4) is 0 Å². The number of morpholine rings is 1. The van der Waals surface area contributed by atoms with E-state index in [4.69, 9.17) is 4.74 Å². The molecule has 0 unspecified atom stereocenters. The maximum atomic E-state index is 12.4. The molecular weight excluding hydrogens is 314 g/mol. The number of rotatable bonds is 5. The van der Waals surface area contributed by atoms with Gasteiger partial charge in [-0.25, -0.2) is 0 Å². The lowest BCUT2D eigenvalue weighted by molar-refractivity contribution is -0.114. The van der Waals surface area contributed by atoms with Gasteiger partial charge in [-0.05, 0) is 43.2 Å². The fourth-order valence-electron chi connectivity index (χ4n) is 2.97. The first-order valence-corrected chi connectivity index (χ1v) is 8.67. The number of carbonyl (C=O) groups is 1. The van der Waals surface area contributed by atoms with Gasteiger partial charge in [0.05, 0.1) is 31.1 Å². The number of ether oxygens (including phenoxy) is 1. The first-order valence-electron chi connectivity index (χ1n) is 8.67. The Morgan fingerprint density at radius 2 is 1.76 bits per heavy atom. The van der Waals surface area contributed by atoms with Crippen LogP contribution in [0.5, 0.6) is 0 Å². The Balaban J connectivity index is 1.64. The summed E-state index contributed by atoms with van der Waals surface area (Å²) in [5.74, 6) is -0.0541. The van der Waals surface area contributed by atoms with Gasteiger partial charge in [0.25, 0.3) is 0 Å². The molecule has 5 heteroatoms. The number of hydrogen-bond acceptors (Lipinski definition) is 4. The van der Waals surface area contributed by atoms with E-state index in [-0.39, 0.29) is 12.5 Å². The summed E-state index contributed by atoms with van der Waals surface area (Å²) in [4.78, 5) is 14.6. The van der Waals surface area contributed by atoms with Crippen LogP contribution in [0.2, 0.25) is 0 Å². The zero-order chi connectivity index (χ0) is 17.6. The molecular formula is C20H25N3O2. The van der Waals surface area contributed by atoms with Crippen molar-refractivity contribution in [3.63, 3.8) is 0 Å². The molecule has 25 heavy (non-hydrogen) atoms. The molecule has 0 aromatic heterocycles. The highest BCUT2D eigenvalue weighted by atomic mass is 16.5. The van der Waals surface area contributed by atoms with Crippen molar-refractivity contribution in [1.82, 2.24) is 0 Å². The Hall–Kier alpha value is -2.53. The van der Waals surface area contributed by atoms with Crippen LogP contribution in [0.15, 0.2) is 42.5 Å². The Labute approximate surface area is 149 Å².